The molecule has 0 amide bonds. The summed E-state index contributed by atoms with van der Waals surface area (Å²) in [6, 6.07) is 8.77. The van der Waals surface area contributed by atoms with Gasteiger partial charge >= 0.3 is 0 Å². The van der Waals surface area contributed by atoms with Crippen molar-refractivity contribution in [3.8, 4) is 11.3 Å². The minimum Gasteiger partial charge on any atom is -0.384 e. The van der Waals surface area contributed by atoms with E-state index in [-0.39, 0.29) is 5.41 Å². The first-order valence-electron chi connectivity index (χ1n) is 10.1. The minimum absolute atomic E-state index is 0.120. The van der Waals surface area contributed by atoms with E-state index in [0.717, 1.165) is 5.22 Å². The van der Waals surface area contributed by atoms with Gasteiger partial charge in [-0.25, -0.2) is 4.57 Å². The molecule has 0 bridgehead atoms. The number of hydrogen-bond donors (Lipinski definition) is 0. The summed E-state index contributed by atoms with van der Waals surface area (Å²) < 4.78 is 7.77. The van der Waals surface area contributed by atoms with Crippen molar-refractivity contribution in [3.05, 3.63) is 58.1 Å². The molecular formula is C26H36NO+. The molecule has 0 spiro atoms. The summed E-state index contributed by atoms with van der Waals surface area (Å²) in [6.07, 6.45) is 6.61. The van der Waals surface area contributed by atoms with Crippen LogP contribution in [0.25, 0.3) is 29.5 Å². The molecule has 1 aromatic heterocycles. The second kappa shape index (κ2) is 8.87. The van der Waals surface area contributed by atoms with E-state index in [2.05, 4.69) is 102 Å². The molecule has 150 valence electrons. The number of methoxy groups -OCH3 is 1. The zero-order valence-electron chi connectivity index (χ0n) is 18.9. The maximum atomic E-state index is 5.57. The van der Waals surface area contributed by atoms with E-state index in [9.17, 15) is 0 Å². The van der Waals surface area contributed by atoms with Crippen LogP contribution >= 0.6 is 0 Å². The lowest BCUT2D eigenvalue weighted by Crippen LogP contribution is -2.43. The summed E-state index contributed by atoms with van der Waals surface area (Å²) in [6.45, 7) is 18.3. The highest BCUT2D eigenvalue weighted by Crippen LogP contribution is 2.36. The Morgan fingerprint density at radius 2 is 1.93 bits per heavy atom. The zero-order chi connectivity index (χ0) is 21.1. The number of allylic oxidation sites excluding steroid dienone is 2. The van der Waals surface area contributed by atoms with Crippen LogP contribution in [0.3, 0.4) is 0 Å². The molecule has 28 heavy (non-hydrogen) atoms. The van der Waals surface area contributed by atoms with Crippen LogP contribution in [-0.2, 0) is 17.2 Å². The molecule has 0 fully saturated rings. The van der Waals surface area contributed by atoms with Gasteiger partial charge in [0.2, 0.25) is 5.69 Å². The third kappa shape index (κ3) is 4.44. The average molecular weight is 379 g/mol. The fourth-order valence-corrected chi connectivity index (χ4v) is 3.85. The number of ether oxygens (including phenoxy) is 1. The van der Waals surface area contributed by atoms with Crippen LogP contribution in [0.15, 0.2) is 36.5 Å². The second-order valence-electron chi connectivity index (χ2n) is 8.64. The third-order valence-electron chi connectivity index (χ3n) is 5.37. The van der Waals surface area contributed by atoms with Gasteiger partial charge in [0.05, 0.1) is 12.2 Å². The Morgan fingerprint density at radius 1 is 1.25 bits per heavy atom. The lowest BCUT2D eigenvalue weighted by Gasteiger charge is -2.28. The minimum atomic E-state index is -0.120. The number of nitrogens with zero attached hydrogens (tertiary/aromatic N) is 1. The largest absolute Gasteiger partial charge is 0.384 e. The highest BCUT2D eigenvalue weighted by molar-refractivity contribution is 5.81. The molecule has 0 N–H and O–H groups in total. The quantitative estimate of drug-likeness (QED) is 0.680. The van der Waals surface area contributed by atoms with Crippen molar-refractivity contribution in [3.63, 3.8) is 0 Å². The first kappa shape index (κ1) is 22.1. The molecule has 0 unspecified atom stereocenters. The molecular weight excluding hydrogens is 342 g/mol. The van der Waals surface area contributed by atoms with E-state index in [1.54, 1.807) is 7.11 Å². The predicted octanol–water partition coefficient (Wildman–Crippen LogP) is 4.37. The summed E-state index contributed by atoms with van der Waals surface area (Å²) in [7, 11) is 3.88. The van der Waals surface area contributed by atoms with E-state index < -0.39 is 0 Å². The molecule has 2 heteroatoms. The van der Waals surface area contributed by atoms with Crippen molar-refractivity contribution in [2.24, 2.45) is 13.0 Å². The van der Waals surface area contributed by atoms with Crippen LogP contribution < -0.4 is 15.0 Å². The maximum Gasteiger partial charge on any atom is 0.220 e. The Hall–Kier alpha value is -2.19. The van der Waals surface area contributed by atoms with Crippen molar-refractivity contribution in [2.45, 2.75) is 47.0 Å². The second-order valence-corrected chi connectivity index (χ2v) is 8.64. The Balaban J connectivity index is 3.02. The van der Waals surface area contributed by atoms with Crippen molar-refractivity contribution in [2.75, 3.05) is 13.7 Å². The van der Waals surface area contributed by atoms with E-state index in [0.29, 0.717) is 12.5 Å². The van der Waals surface area contributed by atoms with Crippen LogP contribution in [0.1, 0.15) is 52.7 Å². The van der Waals surface area contributed by atoms with Crippen LogP contribution in [0, 0.1) is 5.92 Å². The van der Waals surface area contributed by atoms with Gasteiger partial charge in [0.15, 0.2) is 6.20 Å². The standard InChI is InChI=1S/C26H36NO/c1-10-19(4)22-12-11-13-23(26(6,7)17-28-9)24(22)25-20(5)21(16-18(2)3)14-15-27(25)8/h10-16,18H,5,17H2,1-4,6-9H3/q+1/b19-10+,21-16-. The molecule has 1 aromatic carbocycles. The molecule has 0 radical (unpaired) electrons. The van der Waals surface area contributed by atoms with E-state index >= 15 is 0 Å². The van der Waals surface area contributed by atoms with Gasteiger partial charge in [-0.05, 0) is 41.7 Å². The Labute approximate surface area is 170 Å². The molecule has 0 aliphatic rings. The summed E-state index contributed by atoms with van der Waals surface area (Å²) >= 11 is 0. The fraction of sp³-hybridized carbons (Fsp3) is 0.423. The number of aryl methyl sites for hydroxylation is 1. The molecule has 2 rings (SSSR count). The van der Waals surface area contributed by atoms with E-state index in [1.807, 2.05) is 0 Å². The lowest BCUT2D eigenvalue weighted by atomic mass is 9.78. The van der Waals surface area contributed by atoms with Gasteiger partial charge in [-0.2, -0.15) is 0 Å². The highest BCUT2D eigenvalue weighted by Gasteiger charge is 2.29. The van der Waals surface area contributed by atoms with E-state index in [1.165, 1.54) is 33.2 Å². The predicted molar refractivity (Wildman–Crippen MR) is 121 cm³/mol. The van der Waals surface area contributed by atoms with Crippen molar-refractivity contribution in [1.82, 2.24) is 0 Å². The Bertz CT molecular complexity index is 980. The first-order valence-corrected chi connectivity index (χ1v) is 10.1. The SMILES string of the molecule is C=c1c(-c2c(/C(C)=C/C)cccc2C(C)(C)COC)[n+](C)cc/c1=C/C(C)C. The van der Waals surface area contributed by atoms with Crippen LogP contribution in [0.2, 0.25) is 0 Å². The molecule has 1 heterocycles. The zero-order valence-corrected chi connectivity index (χ0v) is 18.9. The summed E-state index contributed by atoms with van der Waals surface area (Å²) in [4.78, 5) is 0. The number of rotatable bonds is 6. The number of aromatic nitrogens is 1. The summed E-state index contributed by atoms with van der Waals surface area (Å²) in [5.41, 5.74) is 6.12. The molecule has 0 atom stereocenters. The van der Waals surface area contributed by atoms with Crippen molar-refractivity contribution >= 4 is 18.2 Å². The Kier molecular flexibility index (Phi) is 7.01. The Morgan fingerprint density at radius 3 is 2.50 bits per heavy atom. The number of benzene rings is 1. The smallest absolute Gasteiger partial charge is 0.220 e. The number of hydrogen-bond acceptors (Lipinski definition) is 1. The topological polar surface area (TPSA) is 13.1 Å². The van der Waals surface area contributed by atoms with Gasteiger partial charge in [0.25, 0.3) is 0 Å². The average Bonchev–Trinajstić information content (AvgIpc) is 2.63. The van der Waals surface area contributed by atoms with Gasteiger partial charge in [0, 0.05) is 23.8 Å². The van der Waals surface area contributed by atoms with Crippen LogP contribution in [0.4, 0.5) is 0 Å². The maximum absolute atomic E-state index is 5.57. The van der Waals surface area contributed by atoms with Crippen molar-refractivity contribution < 1.29 is 9.30 Å². The van der Waals surface area contributed by atoms with Crippen molar-refractivity contribution in [1.29, 1.82) is 0 Å². The highest BCUT2D eigenvalue weighted by atomic mass is 16.5. The van der Waals surface area contributed by atoms with Gasteiger partial charge in [-0.1, -0.05) is 64.6 Å². The van der Waals surface area contributed by atoms with Gasteiger partial charge in [-0.15, -0.1) is 0 Å². The first-order chi connectivity index (χ1) is 13.1. The lowest BCUT2D eigenvalue weighted by molar-refractivity contribution is -0.661. The molecule has 0 saturated carbocycles. The summed E-state index contributed by atoms with van der Waals surface area (Å²) in [5.74, 6) is 0.470. The van der Waals surface area contributed by atoms with Gasteiger partial charge in [0.1, 0.15) is 7.05 Å². The third-order valence-corrected chi connectivity index (χ3v) is 5.37. The molecule has 0 aliphatic heterocycles. The monoisotopic (exact) mass is 378 g/mol. The molecule has 0 aliphatic carbocycles. The van der Waals surface area contributed by atoms with E-state index in [4.69, 9.17) is 4.74 Å². The number of pyridine rings is 1. The van der Waals surface area contributed by atoms with Crippen LogP contribution in [0.5, 0.6) is 0 Å². The normalized spacial score (nSPS) is 13.5. The summed E-state index contributed by atoms with van der Waals surface area (Å²) in [5, 5.41) is 2.27. The van der Waals surface area contributed by atoms with Gasteiger partial charge < -0.3 is 4.74 Å². The molecule has 2 aromatic rings. The van der Waals surface area contributed by atoms with Gasteiger partial charge in [-0.3, -0.25) is 0 Å². The molecule has 2 nitrogen and oxygen atoms in total. The van der Waals surface area contributed by atoms with Crippen LogP contribution in [-0.4, -0.2) is 13.7 Å². The fourth-order valence-electron chi connectivity index (χ4n) is 3.85. The molecule has 0 saturated heterocycles.